The van der Waals surface area contributed by atoms with Crippen molar-refractivity contribution in [3.8, 4) is 22.8 Å². The second-order valence-corrected chi connectivity index (χ2v) is 11.1. The molecule has 5 rings (SSSR count). The predicted octanol–water partition coefficient (Wildman–Crippen LogP) is 2.17. The molecule has 2 N–H and O–H groups in total. The summed E-state index contributed by atoms with van der Waals surface area (Å²) in [6, 6.07) is 7.73. The molecule has 0 aliphatic carbocycles. The van der Waals surface area contributed by atoms with Crippen molar-refractivity contribution in [3.63, 3.8) is 0 Å². The van der Waals surface area contributed by atoms with Crippen LogP contribution in [0.25, 0.3) is 16.8 Å². The minimum absolute atomic E-state index is 0.000520. The number of sulfonamides is 1. The Hall–Kier alpha value is -4.27. The van der Waals surface area contributed by atoms with E-state index < -0.39 is 21.4 Å². The number of rotatable bonds is 9. The molecule has 0 atom stereocenters. The van der Waals surface area contributed by atoms with E-state index in [2.05, 4.69) is 20.0 Å². The minimum Gasteiger partial charge on any atom is -0.485 e. The lowest BCUT2D eigenvalue weighted by atomic mass is 10.1. The fraction of sp³-hybridized carbons (Fsp3) is 0.231. The maximum Gasteiger partial charge on any atom is 0.300 e. The molecule has 1 aliphatic heterocycles. The number of pyridine rings is 2. The zero-order valence-corrected chi connectivity index (χ0v) is 23.2. The van der Waals surface area contributed by atoms with Crippen molar-refractivity contribution in [2.75, 3.05) is 44.6 Å². The Morgan fingerprint density at radius 2 is 1.95 bits per heavy atom. The van der Waals surface area contributed by atoms with Gasteiger partial charge in [-0.25, -0.2) is 22.8 Å². The van der Waals surface area contributed by atoms with Gasteiger partial charge in [0.25, 0.3) is 15.6 Å². The molecule has 4 heterocycles. The van der Waals surface area contributed by atoms with E-state index in [0.29, 0.717) is 36.4 Å². The van der Waals surface area contributed by atoms with Crippen LogP contribution in [0.1, 0.15) is 0 Å². The molecule has 12 nitrogen and oxygen atoms in total. The van der Waals surface area contributed by atoms with Crippen LogP contribution < -0.4 is 25.1 Å². The summed E-state index contributed by atoms with van der Waals surface area (Å²) in [5.41, 5.74) is 0.902. The molecule has 3 aromatic heterocycles. The normalized spacial score (nSPS) is 14.1. The maximum atomic E-state index is 13.5. The zero-order chi connectivity index (χ0) is 29.1. The lowest BCUT2D eigenvalue weighted by Gasteiger charge is -2.26. The van der Waals surface area contributed by atoms with Crippen molar-refractivity contribution in [1.29, 1.82) is 0 Å². The molecule has 0 spiro atoms. The van der Waals surface area contributed by atoms with Crippen molar-refractivity contribution in [3.05, 3.63) is 76.2 Å². The predicted molar refractivity (Wildman–Crippen MR) is 148 cm³/mol. The Morgan fingerprint density at radius 1 is 1.12 bits per heavy atom. The van der Waals surface area contributed by atoms with Crippen molar-refractivity contribution < 1.29 is 27.1 Å². The van der Waals surface area contributed by atoms with Crippen molar-refractivity contribution >= 4 is 38.9 Å². The van der Waals surface area contributed by atoms with Gasteiger partial charge in [0, 0.05) is 43.2 Å². The molecule has 214 valence electrons. The molecule has 1 aliphatic rings. The van der Waals surface area contributed by atoms with Crippen LogP contribution in [0.15, 0.2) is 64.7 Å². The first-order valence-corrected chi connectivity index (χ1v) is 14.2. The first-order chi connectivity index (χ1) is 19.6. The van der Waals surface area contributed by atoms with Gasteiger partial charge in [-0.2, -0.15) is 0 Å². The largest absolute Gasteiger partial charge is 0.485 e. The van der Waals surface area contributed by atoms with Crippen LogP contribution >= 0.6 is 11.6 Å². The summed E-state index contributed by atoms with van der Waals surface area (Å²) in [5, 5.41) is 2.46. The third kappa shape index (κ3) is 6.24. The smallest absolute Gasteiger partial charge is 0.300 e. The van der Waals surface area contributed by atoms with Gasteiger partial charge in [0.1, 0.15) is 28.7 Å². The third-order valence-corrected chi connectivity index (χ3v) is 8.11. The molecular formula is C26H24ClFN6O6S. The first-order valence-electron chi connectivity index (χ1n) is 12.3. The number of nitrogens with zero attached hydrogens (tertiary/aromatic N) is 4. The molecule has 1 amide bonds. The van der Waals surface area contributed by atoms with E-state index in [4.69, 9.17) is 21.1 Å². The second kappa shape index (κ2) is 11.7. The number of hydrogen-bond acceptors (Lipinski definition) is 9. The minimum atomic E-state index is -4.24. The van der Waals surface area contributed by atoms with Gasteiger partial charge in [-0.3, -0.25) is 23.6 Å². The summed E-state index contributed by atoms with van der Waals surface area (Å²) in [6.45, 7) is 2.19. The Morgan fingerprint density at radius 3 is 2.71 bits per heavy atom. The van der Waals surface area contributed by atoms with Crippen LogP contribution in [0.3, 0.4) is 0 Å². The highest BCUT2D eigenvalue weighted by molar-refractivity contribution is 7.92. The molecule has 41 heavy (non-hydrogen) atoms. The second-order valence-electron chi connectivity index (χ2n) is 9.01. The quantitative estimate of drug-likeness (QED) is 0.294. The Bertz CT molecular complexity index is 1800. The average molecular weight is 603 g/mol. The van der Waals surface area contributed by atoms with Crippen molar-refractivity contribution in [1.82, 2.24) is 24.6 Å². The number of piperazine rings is 1. The van der Waals surface area contributed by atoms with E-state index in [1.807, 2.05) is 4.90 Å². The Labute approximate surface area is 238 Å². The highest BCUT2D eigenvalue weighted by Crippen LogP contribution is 2.31. The van der Waals surface area contributed by atoms with Crippen molar-refractivity contribution in [2.45, 2.75) is 4.90 Å². The Kier molecular flexibility index (Phi) is 8.06. The number of halogens is 2. The molecule has 0 radical (unpaired) electrons. The summed E-state index contributed by atoms with van der Waals surface area (Å²) in [5.74, 6) is -0.712. The monoisotopic (exact) mass is 602 g/mol. The van der Waals surface area contributed by atoms with Gasteiger partial charge < -0.3 is 14.8 Å². The van der Waals surface area contributed by atoms with E-state index >= 15 is 0 Å². The number of ether oxygens (including phenoxy) is 2. The number of fused-ring (bicyclic) bond motifs is 1. The molecule has 15 heteroatoms. The maximum absolute atomic E-state index is 13.5. The molecule has 1 saturated heterocycles. The fourth-order valence-electron chi connectivity index (χ4n) is 4.24. The SMILES string of the molecule is COc1ncc(-c2ccc3ncc(OCCN4CCNC(=O)C4)c(=O)n3c2)cc1NS(=O)(=O)c1ccc(F)cc1Cl. The standard InChI is InChI=1S/C26H24ClFN6O6S/c1-39-25-20(32-41(37,38)22-4-3-18(28)11-19(22)27)10-17(12-31-25)16-2-5-23-30-13-21(26(36)34(23)14-16)40-9-8-33-7-6-29-24(35)15-33/h2-5,10-14,32H,6-9,15H2,1H3,(H,29,35). The summed E-state index contributed by atoms with van der Waals surface area (Å²) >= 11 is 5.97. The van der Waals surface area contributed by atoms with E-state index in [1.54, 1.807) is 12.1 Å². The van der Waals surface area contributed by atoms with Crippen LogP contribution in [-0.2, 0) is 14.8 Å². The lowest BCUT2D eigenvalue weighted by molar-refractivity contribution is -0.124. The number of hydrogen-bond donors (Lipinski definition) is 2. The van der Waals surface area contributed by atoms with Gasteiger partial charge in [0.2, 0.25) is 17.5 Å². The van der Waals surface area contributed by atoms with Crippen LogP contribution in [0.4, 0.5) is 10.1 Å². The van der Waals surface area contributed by atoms with Gasteiger partial charge in [0.05, 0.1) is 24.9 Å². The number of carbonyl (C=O) groups is 1. The van der Waals surface area contributed by atoms with Gasteiger partial charge in [-0.15, -0.1) is 0 Å². The lowest BCUT2D eigenvalue weighted by Crippen LogP contribution is -2.48. The summed E-state index contributed by atoms with van der Waals surface area (Å²) in [6.07, 6.45) is 4.34. The topological polar surface area (TPSA) is 144 Å². The fourth-order valence-corrected chi connectivity index (χ4v) is 5.82. The molecular weight excluding hydrogens is 579 g/mol. The molecule has 1 aromatic carbocycles. The number of carbonyl (C=O) groups excluding carboxylic acids is 1. The summed E-state index contributed by atoms with van der Waals surface area (Å²) < 4.78 is 54.1. The number of amides is 1. The van der Waals surface area contributed by atoms with Gasteiger partial charge in [-0.1, -0.05) is 11.6 Å². The van der Waals surface area contributed by atoms with E-state index in [1.165, 1.54) is 36.2 Å². The average Bonchev–Trinajstić information content (AvgIpc) is 2.94. The van der Waals surface area contributed by atoms with Gasteiger partial charge >= 0.3 is 0 Å². The van der Waals surface area contributed by atoms with Crippen LogP contribution in [0.2, 0.25) is 5.02 Å². The van der Waals surface area contributed by atoms with E-state index in [9.17, 15) is 22.4 Å². The molecule has 0 bridgehead atoms. The number of aromatic nitrogens is 3. The summed E-state index contributed by atoms with van der Waals surface area (Å²) in [7, 11) is -2.91. The van der Waals surface area contributed by atoms with Crippen LogP contribution in [-0.4, -0.2) is 73.5 Å². The number of methoxy groups -OCH3 is 1. The number of benzene rings is 1. The molecule has 0 saturated carbocycles. The van der Waals surface area contributed by atoms with E-state index in [-0.39, 0.29) is 46.3 Å². The highest BCUT2D eigenvalue weighted by atomic mass is 35.5. The van der Waals surface area contributed by atoms with Gasteiger partial charge in [-0.05, 0) is 36.4 Å². The van der Waals surface area contributed by atoms with Crippen LogP contribution in [0.5, 0.6) is 11.6 Å². The van der Waals surface area contributed by atoms with Gasteiger partial charge in [0.15, 0.2) is 0 Å². The number of anilines is 1. The van der Waals surface area contributed by atoms with Crippen LogP contribution in [0, 0.1) is 5.82 Å². The zero-order valence-electron chi connectivity index (χ0n) is 21.6. The Balaban J connectivity index is 1.41. The molecule has 0 unspecified atom stereocenters. The number of nitrogens with one attached hydrogen (secondary N) is 2. The first kappa shape index (κ1) is 28.3. The highest BCUT2D eigenvalue weighted by Gasteiger charge is 2.22. The molecule has 4 aromatic rings. The third-order valence-electron chi connectivity index (χ3n) is 6.26. The van der Waals surface area contributed by atoms with E-state index in [0.717, 1.165) is 18.2 Å². The summed E-state index contributed by atoms with van der Waals surface area (Å²) in [4.78, 5) is 34.8. The van der Waals surface area contributed by atoms with Crippen molar-refractivity contribution in [2.24, 2.45) is 0 Å². The molecule has 1 fully saturated rings.